The minimum Gasteiger partial charge on any atom is -0.371 e. The number of hydrogen-bond acceptors (Lipinski definition) is 3. The highest BCUT2D eigenvalue weighted by Crippen LogP contribution is 2.27. The molecule has 0 aromatic heterocycles. The van der Waals surface area contributed by atoms with E-state index in [9.17, 15) is 4.39 Å². The van der Waals surface area contributed by atoms with Crippen molar-refractivity contribution in [1.82, 2.24) is 4.90 Å². The Labute approximate surface area is 121 Å². The van der Waals surface area contributed by atoms with E-state index in [4.69, 9.17) is 5.73 Å². The second-order valence-electron chi connectivity index (χ2n) is 5.55. The molecule has 1 aromatic carbocycles. The minimum absolute atomic E-state index is 0.134. The van der Waals surface area contributed by atoms with Gasteiger partial charge in [-0.25, -0.2) is 4.39 Å². The van der Waals surface area contributed by atoms with Gasteiger partial charge in [0.1, 0.15) is 5.82 Å². The van der Waals surface area contributed by atoms with Gasteiger partial charge in [-0.3, -0.25) is 0 Å². The Morgan fingerprint density at radius 1 is 1.35 bits per heavy atom. The maximum absolute atomic E-state index is 14.0. The fourth-order valence-corrected chi connectivity index (χ4v) is 3.09. The van der Waals surface area contributed by atoms with Crippen molar-refractivity contribution in [2.45, 2.75) is 32.2 Å². The number of nitrogens with two attached hydrogens (primary N) is 1. The third-order valence-corrected chi connectivity index (χ3v) is 4.42. The molecule has 0 atom stereocenters. The summed E-state index contributed by atoms with van der Waals surface area (Å²) < 4.78 is 14.0. The molecule has 1 saturated heterocycles. The molecule has 0 aliphatic carbocycles. The monoisotopic (exact) mass is 279 g/mol. The second-order valence-corrected chi connectivity index (χ2v) is 5.55. The first kappa shape index (κ1) is 15.3. The number of piperidine rings is 1. The number of halogens is 1. The molecule has 0 bridgehead atoms. The van der Waals surface area contributed by atoms with E-state index < -0.39 is 0 Å². The highest BCUT2D eigenvalue weighted by molar-refractivity contribution is 5.54. The van der Waals surface area contributed by atoms with Gasteiger partial charge in [-0.2, -0.15) is 0 Å². The molecule has 1 aliphatic rings. The number of hydrogen-bond donors (Lipinski definition) is 1. The fourth-order valence-electron chi connectivity index (χ4n) is 3.09. The Morgan fingerprint density at radius 2 is 2.05 bits per heavy atom. The Balaban J connectivity index is 2.13. The third-order valence-electron chi connectivity index (χ3n) is 4.42. The van der Waals surface area contributed by atoms with Crippen molar-refractivity contribution >= 4 is 5.69 Å². The van der Waals surface area contributed by atoms with Crippen LogP contribution in [0.5, 0.6) is 0 Å². The van der Waals surface area contributed by atoms with Gasteiger partial charge in [-0.1, -0.05) is 13.0 Å². The maximum Gasteiger partial charge on any atom is 0.128 e. The third kappa shape index (κ3) is 3.30. The lowest BCUT2D eigenvalue weighted by Gasteiger charge is -2.38. The van der Waals surface area contributed by atoms with Crippen LogP contribution >= 0.6 is 0 Å². The molecule has 3 nitrogen and oxygen atoms in total. The summed E-state index contributed by atoms with van der Waals surface area (Å²) in [4.78, 5) is 4.72. The van der Waals surface area contributed by atoms with Crippen molar-refractivity contribution in [3.05, 3.63) is 29.6 Å². The number of anilines is 1. The standard InChI is InChI=1S/C16H26FN3/c1-3-20-11-8-13(9-12-20)19(2)16-6-4-5-15(17)14(16)7-10-18/h4-6,13H,3,7-12,18H2,1-2H3. The van der Waals surface area contributed by atoms with E-state index in [2.05, 4.69) is 23.8 Å². The molecular weight excluding hydrogens is 253 g/mol. The molecule has 4 heteroatoms. The first-order chi connectivity index (χ1) is 9.67. The summed E-state index contributed by atoms with van der Waals surface area (Å²) in [5.74, 6) is -0.134. The Morgan fingerprint density at radius 3 is 2.65 bits per heavy atom. The van der Waals surface area contributed by atoms with E-state index in [0.29, 0.717) is 19.0 Å². The summed E-state index contributed by atoms with van der Waals surface area (Å²) in [5.41, 5.74) is 7.39. The van der Waals surface area contributed by atoms with Crippen LogP contribution in [-0.2, 0) is 6.42 Å². The predicted molar refractivity (Wildman–Crippen MR) is 82.7 cm³/mol. The van der Waals surface area contributed by atoms with Gasteiger partial charge in [-0.15, -0.1) is 0 Å². The molecule has 0 saturated carbocycles. The first-order valence-electron chi connectivity index (χ1n) is 7.60. The van der Waals surface area contributed by atoms with Crippen LogP contribution in [0, 0.1) is 5.82 Å². The molecule has 1 aliphatic heterocycles. The van der Waals surface area contributed by atoms with Gasteiger partial charge in [0.25, 0.3) is 0 Å². The van der Waals surface area contributed by atoms with E-state index >= 15 is 0 Å². The van der Waals surface area contributed by atoms with E-state index in [1.54, 1.807) is 6.07 Å². The smallest absolute Gasteiger partial charge is 0.128 e. The molecule has 0 spiro atoms. The van der Waals surface area contributed by atoms with Crippen LogP contribution < -0.4 is 10.6 Å². The summed E-state index contributed by atoms with van der Waals surface area (Å²) in [6, 6.07) is 5.83. The minimum atomic E-state index is -0.134. The molecule has 0 unspecified atom stereocenters. The Kier molecular flexibility index (Phi) is 5.38. The zero-order valence-electron chi connectivity index (χ0n) is 12.6. The van der Waals surface area contributed by atoms with Gasteiger partial charge in [0.05, 0.1) is 0 Å². The maximum atomic E-state index is 14.0. The largest absolute Gasteiger partial charge is 0.371 e. The van der Waals surface area contributed by atoms with Gasteiger partial charge in [0.2, 0.25) is 0 Å². The van der Waals surface area contributed by atoms with E-state index in [0.717, 1.165) is 43.7 Å². The predicted octanol–water partition coefficient (Wildman–Crippen LogP) is 2.25. The Hall–Kier alpha value is -1.13. The zero-order chi connectivity index (χ0) is 14.5. The molecular formula is C16H26FN3. The zero-order valence-corrected chi connectivity index (χ0v) is 12.6. The van der Waals surface area contributed by atoms with Gasteiger partial charge in [-0.05, 0) is 44.5 Å². The summed E-state index contributed by atoms with van der Waals surface area (Å²) in [6.45, 7) is 6.07. The average Bonchev–Trinajstić information content (AvgIpc) is 2.49. The van der Waals surface area contributed by atoms with Crippen molar-refractivity contribution in [3.8, 4) is 0 Å². The molecule has 2 N–H and O–H groups in total. The molecule has 112 valence electrons. The lowest BCUT2D eigenvalue weighted by atomic mass is 10.0. The van der Waals surface area contributed by atoms with Crippen LogP contribution in [0.15, 0.2) is 18.2 Å². The van der Waals surface area contributed by atoms with Gasteiger partial charge in [0, 0.05) is 37.4 Å². The number of likely N-dealkylation sites (tertiary alicyclic amines) is 1. The van der Waals surface area contributed by atoms with E-state index in [1.165, 1.54) is 6.07 Å². The van der Waals surface area contributed by atoms with E-state index in [1.807, 2.05) is 6.07 Å². The number of rotatable bonds is 5. The quantitative estimate of drug-likeness (QED) is 0.897. The Bertz CT molecular complexity index is 428. The van der Waals surface area contributed by atoms with Gasteiger partial charge >= 0.3 is 0 Å². The molecule has 1 aromatic rings. The van der Waals surface area contributed by atoms with Crippen LogP contribution in [0.1, 0.15) is 25.3 Å². The van der Waals surface area contributed by atoms with Gasteiger partial charge < -0.3 is 15.5 Å². The van der Waals surface area contributed by atoms with Crippen LogP contribution in [0.4, 0.5) is 10.1 Å². The van der Waals surface area contributed by atoms with Crippen molar-refractivity contribution in [3.63, 3.8) is 0 Å². The summed E-state index contributed by atoms with van der Waals surface area (Å²) in [7, 11) is 2.08. The van der Waals surface area contributed by atoms with Crippen LogP contribution in [0.3, 0.4) is 0 Å². The first-order valence-corrected chi connectivity index (χ1v) is 7.60. The van der Waals surface area contributed by atoms with E-state index in [-0.39, 0.29) is 5.82 Å². The summed E-state index contributed by atoms with van der Waals surface area (Å²) in [6.07, 6.45) is 2.88. The lowest BCUT2D eigenvalue weighted by Crippen LogP contribution is -2.43. The second kappa shape index (κ2) is 7.04. The van der Waals surface area contributed by atoms with Crippen molar-refractivity contribution < 1.29 is 4.39 Å². The molecule has 1 fully saturated rings. The number of nitrogens with zero attached hydrogens (tertiary/aromatic N) is 2. The van der Waals surface area contributed by atoms with Gasteiger partial charge in [0.15, 0.2) is 0 Å². The topological polar surface area (TPSA) is 32.5 Å². The lowest BCUT2D eigenvalue weighted by molar-refractivity contribution is 0.220. The molecule has 2 rings (SSSR count). The SMILES string of the molecule is CCN1CCC(N(C)c2cccc(F)c2CCN)CC1. The highest BCUT2D eigenvalue weighted by Gasteiger charge is 2.23. The van der Waals surface area contributed by atoms with Crippen molar-refractivity contribution in [2.24, 2.45) is 5.73 Å². The molecule has 0 amide bonds. The molecule has 1 heterocycles. The summed E-state index contributed by atoms with van der Waals surface area (Å²) >= 11 is 0. The molecule has 0 radical (unpaired) electrons. The fraction of sp³-hybridized carbons (Fsp3) is 0.625. The number of benzene rings is 1. The molecule has 20 heavy (non-hydrogen) atoms. The normalized spacial score (nSPS) is 17.4. The van der Waals surface area contributed by atoms with Crippen LogP contribution in [-0.4, -0.2) is 44.2 Å². The summed E-state index contributed by atoms with van der Waals surface area (Å²) in [5, 5.41) is 0. The van der Waals surface area contributed by atoms with Crippen molar-refractivity contribution in [1.29, 1.82) is 0 Å². The highest BCUT2D eigenvalue weighted by atomic mass is 19.1. The van der Waals surface area contributed by atoms with Crippen LogP contribution in [0.25, 0.3) is 0 Å². The average molecular weight is 279 g/mol. The van der Waals surface area contributed by atoms with Crippen molar-refractivity contribution in [2.75, 3.05) is 38.1 Å². The van der Waals surface area contributed by atoms with Crippen LogP contribution in [0.2, 0.25) is 0 Å².